The van der Waals surface area contributed by atoms with Crippen LogP contribution in [0.5, 0.6) is 0 Å². The third kappa shape index (κ3) is 13.2. The number of carbonyl (C=O) groups is 3. The number of hydrogen-bond donors (Lipinski definition) is 1. The first kappa shape index (κ1) is 23.2. The van der Waals surface area contributed by atoms with E-state index in [1.807, 2.05) is 0 Å². The second-order valence-electron chi connectivity index (χ2n) is 8.86. The second-order valence-corrected chi connectivity index (χ2v) is 8.86. The molecule has 0 aromatic heterocycles. The van der Waals surface area contributed by atoms with Crippen molar-refractivity contribution >= 4 is 18.0 Å². The van der Waals surface area contributed by atoms with Crippen molar-refractivity contribution in [2.75, 3.05) is 0 Å². The van der Waals surface area contributed by atoms with Gasteiger partial charge in [-0.25, -0.2) is 9.59 Å². The Labute approximate surface area is 150 Å². The Morgan fingerprint density at radius 2 is 1.20 bits per heavy atom. The highest BCUT2D eigenvalue weighted by atomic mass is 16.6. The van der Waals surface area contributed by atoms with Gasteiger partial charge < -0.3 is 19.5 Å². The third-order valence-corrected chi connectivity index (χ3v) is 2.44. The quantitative estimate of drug-likeness (QED) is 0.598. The first-order valence-corrected chi connectivity index (χ1v) is 8.43. The Kier molecular flexibility index (Phi) is 7.93. The molecule has 0 aromatic rings. The van der Waals surface area contributed by atoms with Gasteiger partial charge in [0.05, 0.1) is 0 Å². The van der Waals surface area contributed by atoms with Gasteiger partial charge >= 0.3 is 18.0 Å². The molecule has 0 fully saturated rings. The molecule has 0 spiro atoms. The van der Waals surface area contributed by atoms with Crippen molar-refractivity contribution in [1.29, 1.82) is 0 Å². The molecule has 0 aliphatic heterocycles. The van der Waals surface area contributed by atoms with Crippen LogP contribution in [0.2, 0.25) is 0 Å². The number of carbonyl (C=O) groups excluding carboxylic acids is 3. The van der Waals surface area contributed by atoms with E-state index in [0.717, 1.165) is 0 Å². The van der Waals surface area contributed by atoms with Crippen molar-refractivity contribution in [2.45, 2.75) is 98.0 Å². The van der Waals surface area contributed by atoms with Crippen molar-refractivity contribution in [3.05, 3.63) is 0 Å². The largest absolute Gasteiger partial charge is 0.460 e. The Morgan fingerprint density at radius 1 is 0.760 bits per heavy atom. The summed E-state index contributed by atoms with van der Waals surface area (Å²) in [6, 6.07) is -0.999. The molecule has 146 valence electrons. The maximum Gasteiger partial charge on any atom is 0.408 e. The van der Waals surface area contributed by atoms with Gasteiger partial charge in [0.25, 0.3) is 0 Å². The summed E-state index contributed by atoms with van der Waals surface area (Å²) in [6.07, 6.45) is -0.715. The fourth-order valence-electron chi connectivity index (χ4n) is 1.73. The van der Waals surface area contributed by atoms with Gasteiger partial charge in [-0.3, -0.25) is 4.79 Å². The fourth-order valence-corrected chi connectivity index (χ4v) is 1.73. The molecule has 0 aliphatic rings. The number of ether oxygens (including phenoxy) is 3. The van der Waals surface area contributed by atoms with Crippen LogP contribution in [0.15, 0.2) is 0 Å². The SMILES string of the molecule is CC(C)(C)OC(=O)CC[C@@H](NC(=O)OC(C)(C)C)C(=O)OC(C)(C)C. The van der Waals surface area contributed by atoms with E-state index < -0.39 is 40.9 Å². The average molecular weight is 359 g/mol. The topological polar surface area (TPSA) is 90.9 Å². The molecule has 0 saturated carbocycles. The maximum atomic E-state index is 12.3. The van der Waals surface area contributed by atoms with E-state index in [-0.39, 0.29) is 12.8 Å². The molecule has 1 amide bonds. The minimum absolute atomic E-state index is 0.0308. The standard InChI is InChI=1S/C18H33NO6/c1-16(2,3)23-13(20)11-10-12(14(21)24-17(4,5)6)19-15(22)25-18(7,8)9/h12H,10-11H2,1-9H3,(H,19,22)/t12-/m1/s1. The maximum absolute atomic E-state index is 12.3. The van der Waals surface area contributed by atoms with Crippen molar-refractivity contribution in [3.8, 4) is 0 Å². The molecule has 0 rings (SSSR count). The van der Waals surface area contributed by atoms with Gasteiger partial charge in [-0.15, -0.1) is 0 Å². The average Bonchev–Trinajstić information content (AvgIpc) is 2.27. The lowest BCUT2D eigenvalue weighted by atomic mass is 10.1. The molecule has 1 atom stereocenters. The zero-order chi connectivity index (χ0) is 20.1. The molecule has 0 unspecified atom stereocenters. The smallest absolute Gasteiger partial charge is 0.408 e. The first-order chi connectivity index (χ1) is 11.0. The summed E-state index contributed by atoms with van der Waals surface area (Å²) in [5.41, 5.74) is -2.03. The highest BCUT2D eigenvalue weighted by Crippen LogP contribution is 2.14. The molecule has 25 heavy (non-hydrogen) atoms. The van der Waals surface area contributed by atoms with Gasteiger partial charge in [0.1, 0.15) is 22.8 Å². The summed E-state index contributed by atoms with van der Waals surface area (Å²) >= 11 is 0. The van der Waals surface area contributed by atoms with E-state index in [0.29, 0.717) is 0 Å². The molecule has 0 heterocycles. The molecule has 0 bridgehead atoms. The monoisotopic (exact) mass is 359 g/mol. The minimum atomic E-state index is -0.999. The lowest BCUT2D eigenvalue weighted by Crippen LogP contribution is -2.46. The van der Waals surface area contributed by atoms with Gasteiger partial charge in [0, 0.05) is 6.42 Å². The Bertz CT molecular complexity index is 479. The number of hydrogen-bond acceptors (Lipinski definition) is 6. The van der Waals surface area contributed by atoms with E-state index in [2.05, 4.69) is 5.32 Å². The van der Waals surface area contributed by atoms with Crippen LogP contribution >= 0.6 is 0 Å². The summed E-state index contributed by atoms with van der Waals surface area (Å²) in [7, 11) is 0. The van der Waals surface area contributed by atoms with Crippen molar-refractivity contribution < 1.29 is 28.6 Å². The van der Waals surface area contributed by atoms with Gasteiger partial charge in [-0.1, -0.05) is 0 Å². The number of alkyl carbamates (subject to hydrolysis) is 1. The predicted molar refractivity (Wildman–Crippen MR) is 94.1 cm³/mol. The van der Waals surface area contributed by atoms with Gasteiger partial charge in [0.15, 0.2) is 0 Å². The Hall–Kier alpha value is -1.79. The van der Waals surface area contributed by atoms with Gasteiger partial charge in [0.2, 0.25) is 0 Å². The van der Waals surface area contributed by atoms with Crippen molar-refractivity contribution in [2.24, 2.45) is 0 Å². The summed E-state index contributed by atoms with van der Waals surface area (Å²) in [5, 5.41) is 2.47. The second kappa shape index (κ2) is 8.54. The first-order valence-electron chi connectivity index (χ1n) is 8.43. The zero-order valence-corrected chi connectivity index (χ0v) is 16.9. The van der Waals surface area contributed by atoms with Crippen LogP contribution in [0.3, 0.4) is 0 Å². The van der Waals surface area contributed by atoms with E-state index >= 15 is 0 Å². The molecule has 1 N–H and O–H groups in total. The molecule has 7 heteroatoms. The number of amides is 1. The third-order valence-electron chi connectivity index (χ3n) is 2.44. The molecule has 0 aromatic carbocycles. The lowest BCUT2D eigenvalue weighted by Gasteiger charge is -2.26. The number of esters is 2. The molecular weight excluding hydrogens is 326 g/mol. The molecule has 0 aliphatic carbocycles. The van der Waals surface area contributed by atoms with Crippen LogP contribution in [0, 0.1) is 0 Å². The van der Waals surface area contributed by atoms with Crippen LogP contribution in [0.25, 0.3) is 0 Å². The molecular formula is C18H33NO6. The van der Waals surface area contributed by atoms with Crippen LogP contribution < -0.4 is 5.32 Å². The minimum Gasteiger partial charge on any atom is -0.460 e. The zero-order valence-electron chi connectivity index (χ0n) is 16.9. The van der Waals surface area contributed by atoms with Crippen LogP contribution in [-0.4, -0.2) is 40.9 Å². The van der Waals surface area contributed by atoms with Crippen LogP contribution in [-0.2, 0) is 23.8 Å². The van der Waals surface area contributed by atoms with Crippen LogP contribution in [0.1, 0.15) is 75.2 Å². The van der Waals surface area contributed by atoms with Crippen molar-refractivity contribution in [3.63, 3.8) is 0 Å². The summed E-state index contributed by atoms with van der Waals surface area (Å²) < 4.78 is 15.7. The lowest BCUT2D eigenvalue weighted by molar-refractivity contribution is -0.158. The fraction of sp³-hybridized carbons (Fsp3) is 0.833. The van der Waals surface area contributed by atoms with E-state index in [4.69, 9.17) is 14.2 Å². The molecule has 7 nitrogen and oxygen atoms in total. The Balaban J connectivity index is 4.93. The van der Waals surface area contributed by atoms with E-state index in [1.54, 1.807) is 62.3 Å². The molecule has 0 saturated heterocycles. The normalized spacial score (nSPS) is 13.6. The highest BCUT2D eigenvalue weighted by Gasteiger charge is 2.29. The van der Waals surface area contributed by atoms with Crippen molar-refractivity contribution in [1.82, 2.24) is 5.32 Å². The summed E-state index contributed by atoms with van der Waals surface area (Å²) in [5.74, 6) is -1.08. The Morgan fingerprint density at radius 3 is 1.60 bits per heavy atom. The molecule has 0 radical (unpaired) electrons. The summed E-state index contributed by atoms with van der Waals surface area (Å²) in [4.78, 5) is 36.1. The van der Waals surface area contributed by atoms with E-state index in [1.165, 1.54) is 0 Å². The van der Waals surface area contributed by atoms with Crippen LogP contribution in [0.4, 0.5) is 4.79 Å². The summed E-state index contributed by atoms with van der Waals surface area (Å²) in [6.45, 7) is 15.6. The number of nitrogens with one attached hydrogen (secondary N) is 1. The number of rotatable bonds is 5. The van der Waals surface area contributed by atoms with Gasteiger partial charge in [-0.05, 0) is 68.7 Å². The van der Waals surface area contributed by atoms with E-state index in [9.17, 15) is 14.4 Å². The highest BCUT2D eigenvalue weighted by molar-refractivity contribution is 5.82. The predicted octanol–water partition coefficient (Wildman–Crippen LogP) is 3.34. The van der Waals surface area contributed by atoms with Gasteiger partial charge in [-0.2, -0.15) is 0 Å².